The van der Waals surface area contributed by atoms with E-state index in [0.717, 1.165) is 0 Å². The number of aliphatic hydroxyl groups is 1. The standard InChI is InChI=1S/C16H24N6O8/c1-7(23)13(22-14(27)9(17)2-8-4-18-6-20-8)15(28)19-5-11(24)21-10(16(29)30)3-12(25)26/h4,6-7,9-10,13,23H,2-3,5,17H2,1H3,(H,18,20)(H,19,28)(H,21,24)(H,22,27)(H,25,26)(H,29,30). The Kier molecular flexibility index (Phi) is 9.38. The molecule has 1 heterocycles. The van der Waals surface area contributed by atoms with Crippen molar-refractivity contribution in [3.63, 3.8) is 0 Å². The lowest BCUT2D eigenvalue weighted by molar-refractivity contribution is -0.147. The molecule has 9 N–H and O–H groups in total. The molecule has 0 radical (unpaired) electrons. The number of aliphatic carboxylic acids is 2. The number of hydrogen-bond acceptors (Lipinski definition) is 8. The van der Waals surface area contributed by atoms with Crippen LogP contribution in [0, 0.1) is 0 Å². The van der Waals surface area contributed by atoms with Gasteiger partial charge in [0.05, 0.1) is 31.4 Å². The molecule has 0 saturated heterocycles. The van der Waals surface area contributed by atoms with E-state index in [9.17, 15) is 29.1 Å². The molecule has 4 atom stereocenters. The second-order valence-corrected chi connectivity index (χ2v) is 6.39. The summed E-state index contributed by atoms with van der Waals surface area (Å²) >= 11 is 0. The van der Waals surface area contributed by atoms with Gasteiger partial charge in [0.1, 0.15) is 12.1 Å². The van der Waals surface area contributed by atoms with Crippen molar-refractivity contribution >= 4 is 29.7 Å². The molecule has 1 rings (SSSR count). The van der Waals surface area contributed by atoms with Crippen LogP contribution < -0.4 is 21.7 Å². The fraction of sp³-hybridized carbons (Fsp3) is 0.500. The molecule has 0 aliphatic carbocycles. The lowest BCUT2D eigenvalue weighted by Crippen LogP contribution is -2.57. The second kappa shape index (κ2) is 11.5. The summed E-state index contributed by atoms with van der Waals surface area (Å²) < 4.78 is 0. The van der Waals surface area contributed by atoms with Crippen LogP contribution in [0.2, 0.25) is 0 Å². The fourth-order valence-electron chi connectivity index (χ4n) is 2.29. The summed E-state index contributed by atoms with van der Waals surface area (Å²) in [7, 11) is 0. The van der Waals surface area contributed by atoms with E-state index in [1.807, 2.05) is 5.32 Å². The third-order valence-corrected chi connectivity index (χ3v) is 3.83. The molecule has 4 unspecified atom stereocenters. The number of aromatic nitrogens is 2. The van der Waals surface area contributed by atoms with Gasteiger partial charge in [-0.1, -0.05) is 0 Å². The molecular weight excluding hydrogens is 404 g/mol. The van der Waals surface area contributed by atoms with Gasteiger partial charge in [0.2, 0.25) is 17.7 Å². The van der Waals surface area contributed by atoms with Crippen LogP contribution in [0.4, 0.5) is 0 Å². The number of carbonyl (C=O) groups is 5. The molecule has 30 heavy (non-hydrogen) atoms. The number of H-pyrrole nitrogens is 1. The van der Waals surface area contributed by atoms with Gasteiger partial charge >= 0.3 is 11.9 Å². The van der Waals surface area contributed by atoms with Crippen molar-refractivity contribution in [2.24, 2.45) is 5.73 Å². The smallest absolute Gasteiger partial charge is 0.326 e. The van der Waals surface area contributed by atoms with Crippen LogP contribution in [-0.2, 0) is 30.4 Å². The van der Waals surface area contributed by atoms with Crippen LogP contribution >= 0.6 is 0 Å². The number of nitrogens with zero attached hydrogens (tertiary/aromatic N) is 1. The highest BCUT2D eigenvalue weighted by Crippen LogP contribution is 1.99. The number of carboxylic acid groups (broad SMARTS) is 2. The number of rotatable bonds is 12. The number of aliphatic hydroxyl groups excluding tert-OH is 1. The zero-order valence-electron chi connectivity index (χ0n) is 16.0. The zero-order valence-corrected chi connectivity index (χ0v) is 16.0. The number of carboxylic acids is 2. The molecule has 0 saturated carbocycles. The first-order chi connectivity index (χ1) is 14.0. The summed E-state index contributed by atoms with van der Waals surface area (Å²) in [6, 6.07) is -4.16. The van der Waals surface area contributed by atoms with Gasteiger partial charge in [0.25, 0.3) is 0 Å². The highest BCUT2D eigenvalue weighted by atomic mass is 16.4. The molecule has 0 spiro atoms. The minimum Gasteiger partial charge on any atom is -0.481 e. The molecule has 14 nitrogen and oxygen atoms in total. The van der Waals surface area contributed by atoms with Crippen molar-refractivity contribution in [2.45, 2.75) is 44.0 Å². The van der Waals surface area contributed by atoms with E-state index in [2.05, 4.69) is 20.6 Å². The van der Waals surface area contributed by atoms with Gasteiger partial charge in [-0.05, 0) is 6.92 Å². The molecule has 1 aromatic heterocycles. The average Bonchev–Trinajstić information content (AvgIpc) is 3.15. The van der Waals surface area contributed by atoms with E-state index in [4.69, 9.17) is 15.9 Å². The first-order valence-corrected chi connectivity index (χ1v) is 8.74. The summed E-state index contributed by atoms with van der Waals surface area (Å²) in [5.41, 5.74) is 6.35. The van der Waals surface area contributed by atoms with Crippen molar-refractivity contribution < 1.29 is 39.3 Å². The highest BCUT2D eigenvalue weighted by Gasteiger charge is 2.29. The predicted octanol–water partition coefficient (Wildman–Crippen LogP) is -3.69. The van der Waals surface area contributed by atoms with Crippen molar-refractivity contribution in [3.05, 3.63) is 18.2 Å². The Morgan fingerprint density at radius 2 is 1.83 bits per heavy atom. The van der Waals surface area contributed by atoms with E-state index in [1.165, 1.54) is 19.4 Å². The van der Waals surface area contributed by atoms with Crippen molar-refractivity contribution in [3.8, 4) is 0 Å². The monoisotopic (exact) mass is 428 g/mol. The molecule has 0 bridgehead atoms. The Labute approximate surface area is 170 Å². The number of amides is 3. The molecular formula is C16H24N6O8. The molecule has 0 aliphatic rings. The summed E-state index contributed by atoms with van der Waals surface area (Å²) in [5, 5.41) is 33.6. The van der Waals surface area contributed by atoms with Gasteiger partial charge in [-0.15, -0.1) is 0 Å². The Morgan fingerprint density at radius 1 is 1.17 bits per heavy atom. The van der Waals surface area contributed by atoms with Crippen LogP contribution in [0.15, 0.2) is 12.5 Å². The maximum Gasteiger partial charge on any atom is 0.326 e. The number of hydrogen-bond donors (Lipinski definition) is 8. The van der Waals surface area contributed by atoms with Crippen LogP contribution in [0.25, 0.3) is 0 Å². The number of imidazole rings is 1. The molecule has 166 valence electrons. The topological polar surface area (TPSA) is 237 Å². The number of nitrogens with one attached hydrogen (secondary N) is 4. The van der Waals surface area contributed by atoms with Gasteiger partial charge in [0.15, 0.2) is 0 Å². The van der Waals surface area contributed by atoms with Gasteiger partial charge in [-0.25, -0.2) is 9.78 Å². The lowest BCUT2D eigenvalue weighted by atomic mass is 10.1. The first kappa shape index (κ1) is 24.5. The largest absolute Gasteiger partial charge is 0.481 e. The van der Waals surface area contributed by atoms with Crippen LogP contribution in [-0.4, -0.2) is 85.7 Å². The van der Waals surface area contributed by atoms with Gasteiger partial charge in [0, 0.05) is 18.3 Å². The quantitative estimate of drug-likeness (QED) is 0.162. The predicted molar refractivity (Wildman–Crippen MR) is 98.7 cm³/mol. The maximum absolute atomic E-state index is 12.2. The minimum absolute atomic E-state index is 0.0997. The van der Waals surface area contributed by atoms with E-state index < -0.39 is 66.9 Å². The molecule has 0 aliphatic heterocycles. The van der Waals surface area contributed by atoms with E-state index in [1.54, 1.807) is 0 Å². The number of nitrogens with two attached hydrogens (primary N) is 1. The lowest BCUT2D eigenvalue weighted by Gasteiger charge is -2.22. The van der Waals surface area contributed by atoms with Crippen LogP contribution in [0.5, 0.6) is 0 Å². The number of aromatic amines is 1. The molecule has 1 aromatic rings. The maximum atomic E-state index is 12.2. The summed E-state index contributed by atoms with van der Waals surface area (Å²) in [6.07, 6.45) is 0.787. The van der Waals surface area contributed by atoms with Gasteiger partial charge < -0.3 is 42.0 Å². The minimum atomic E-state index is -1.68. The summed E-state index contributed by atoms with van der Waals surface area (Å²) in [6.45, 7) is 0.528. The van der Waals surface area contributed by atoms with Gasteiger partial charge in [-0.2, -0.15) is 0 Å². The Balaban J connectivity index is 2.60. The molecule has 0 fully saturated rings. The Bertz CT molecular complexity index is 766. The molecule has 3 amide bonds. The van der Waals surface area contributed by atoms with Crippen LogP contribution in [0.3, 0.4) is 0 Å². The average molecular weight is 428 g/mol. The molecule has 14 heteroatoms. The van der Waals surface area contributed by atoms with Crippen molar-refractivity contribution in [1.82, 2.24) is 25.9 Å². The normalized spacial score (nSPS) is 14.6. The first-order valence-electron chi connectivity index (χ1n) is 8.74. The molecule has 0 aromatic carbocycles. The third-order valence-electron chi connectivity index (χ3n) is 3.83. The number of carbonyl (C=O) groups excluding carboxylic acids is 3. The van der Waals surface area contributed by atoms with Gasteiger partial charge in [-0.3, -0.25) is 19.2 Å². The summed E-state index contributed by atoms with van der Waals surface area (Å²) in [5.74, 6) is -5.62. The van der Waals surface area contributed by atoms with Crippen molar-refractivity contribution in [2.75, 3.05) is 6.54 Å². The van der Waals surface area contributed by atoms with Crippen LogP contribution in [0.1, 0.15) is 19.0 Å². The Hall–Kier alpha value is -3.52. The highest BCUT2D eigenvalue weighted by molar-refractivity contribution is 5.93. The SMILES string of the molecule is CC(O)C(NC(=O)C(N)Cc1cnc[nH]1)C(=O)NCC(=O)NC(CC(=O)O)C(=O)O. The van der Waals surface area contributed by atoms with Crippen molar-refractivity contribution in [1.29, 1.82) is 0 Å². The van der Waals surface area contributed by atoms with E-state index in [0.29, 0.717) is 5.69 Å². The van der Waals surface area contributed by atoms with E-state index in [-0.39, 0.29) is 6.42 Å². The summed E-state index contributed by atoms with van der Waals surface area (Å²) in [4.78, 5) is 64.3. The third kappa shape index (κ3) is 8.24. The zero-order chi connectivity index (χ0) is 22.8. The second-order valence-electron chi connectivity index (χ2n) is 6.39. The Morgan fingerprint density at radius 3 is 2.33 bits per heavy atom. The fourth-order valence-corrected chi connectivity index (χ4v) is 2.29. The van der Waals surface area contributed by atoms with E-state index >= 15 is 0 Å².